The molecule has 7 heteroatoms. The van der Waals surface area contributed by atoms with E-state index in [-0.39, 0.29) is 12.6 Å². The summed E-state index contributed by atoms with van der Waals surface area (Å²) in [5.41, 5.74) is 3.02. The third-order valence-corrected chi connectivity index (χ3v) is 4.10. The molecule has 23 heavy (non-hydrogen) atoms. The van der Waals surface area contributed by atoms with Crippen LogP contribution in [0.25, 0.3) is 16.6 Å². The molecule has 1 N–H and O–H groups in total. The Bertz CT molecular complexity index is 789. The Hall–Kier alpha value is -2.41. The highest BCUT2D eigenvalue weighted by atomic mass is 16.3. The zero-order chi connectivity index (χ0) is 16.4. The smallest absolute Gasteiger partial charge is 0.156 e. The average Bonchev–Trinajstić information content (AvgIpc) is 3.22. The standard InChI is InChI=1S/C16H22N6O/c1-4-20(5-2)16-15-6-13(8-22(15)19-11-17-16)14-7-18-21(9-14)12(3)10-23/h6-9,11-12,23H,4-5,10H2,1-3H3/t12-/m0/s1. The summed E-state index contributed by atoms with van der Waals surface area (Å²) in [6, 6.07) is 2.05. The van der Waals surface area contributed by atoms with Gasteiger partial charge in [0.05, 0.1) is 18.8 Å². The minimum Gasteiger partial charge on any atom is -0.394 e. The van der Waals surface area contributed by atoms with Crippen molar-refractivity contribution >= 4 is 11.3 Å². The molecule has 0 bridgehead atoms. The SMILES string of the molecule is CCN(CC)c1ncnn2cc(-c3cnn([C@@H](C)CO)c3)cc12. The highest BCUT2D eigenvalue weighted by molar-refractivity contribution is 5.77. The van der Waals surface area contributed by atoms with E-state index in [0.29, 0.717) is 0 Å². The third kappa shape index (κ3) is 2.79. The van der Waals surface area contributed by atoms with Gasteiger partial charge in [0.2, 0.25) is 0 Å². The van der Waals surface area contributed by atoms with Gasteiger partial charge in [0, 0.05) is 36.6 Å². The van der Waals surface area contributed by atoms with Crippen LogP contribution in [0.5, 0.6) is 0 Å². The van der Waals surface area contributed by atoms with Crippen molar-refractivity contribution in [3.8, 4) is 11.1 Å². The molecule has 0 aliphatic carbocycles. The van der Waals surface area contributed by atoms with Crippen LogP contribution in [0.15, 0.2) is 31.0 Å². The van der Waals surface area contributed by atoms with Gasteiger partial charge in [-0.25, -0.2) is 9.50 Å². The summed E-state index contributed by atoms with van der Waals surface area (Å²) in [5, 5.41) is 17.9. The zero-order valence-electron chi connectivity index (χ0n) is 13.7. The van der Waals surface area contributed by atoms with E-state index >= 15 is 0 Å². The number of hydrogen-bond donors (Lipinski definition) is 1. The first-order valence-electron chi connectivity index (χ1n) is 7.91. The topological polar surface area (TPSA) is 71.5 Å². The molecule has 3 aromatic heterocycles. The summed E-state index contributed by atoms with van der Waals surface area (Å²) in [6.07, 6.45) is 7.32. The maximum absolute atomic E-state index is 9.25. The number of rotatable bonds is 6. The largest absolute Gasteiger partial charge is 0.394 e. The van der Waals surface area contributed by atoms with E-state index in [1.807, 2.05) is 30.0 Å². The molecule has 0 saturated heterocycles. The maximum Gasteiger partial charge on any atom is 0.156 e. The van der Waals surface area contributed by atoms with E-state index in [2.05, 4.69) is 40.0 Å². The van der Waals surface area contributed by atoms with Gasteiger partial charge < -0.3 is 10.0 Å². The van der Waals surface area contributed by atoms with Gasteiger partial charge in [0.1, 0.15) is 11.8 Å². The predicted molar refractivity (Wildman–Crippen MR) is 89.6 cm³/mol. The molecule has 3 aromatic rings. The summed E-state index contributed by atoms with van der Waals surface area (Å²) >= 11 is 0. The molecule has 0 radical (unpaired) electrons. The molecule has 0 amide bonds. The van der Waals surface area contributed by atoms with Gasteiger partial charge in [-0.2, -0.15) is 10.2 Å². The Morgan fingerprint density at radius 2 is 1.96 bits per heavy atom. The Balaban J connectivity index is 2.03. The molecule has 1 atom stereocenters. The second-order valence-corrected chi connectivity index (χ2v) is 5.56. The van der Waals surface area contributed by atoms with Crippen LogP contribution in [0, 0.1) is 0 Å². The molecule has 0 saturated carbocycles. The second-order valence-electron chi connectivity index (χ2n) is 5.56. The Morgan fingerprint density at radius 3 is 2.65 bits per heavy atom. The highest BCUT2D eigenvalue weighted by Crippen LogP contribution is 2.26. The van der Waals surface area contributed by atoms with E-state index in [1.54, 1.807) is 11.0 Å². The number of hydrogen-bond acceptors (Lipinski definition) is 5. The van der Waals surface area contributed by atoms with Crippen molar-refractivity contribution in [3.63, 3.8) is 0 Å². The number of nitrogens with zero attached hydrogens (tertiary/aromatic N) is 6. The van der Waals surface area contributed by atoms with E-state index in [4.69, 9.17) is 0 Å². The minimum atomic E-state index is -0.0354. The Morgan fingerprint density at radius 1 is 1.17 bits per heavy atom. The molecule has 0 aliphatic heterocycles. The average molecular weight is 314 g/mol. The highest BCUT2D eigenvalue weighted by Gasteiger charge is 2.14. The van der Waals surface area contributed by atoms with Gasteiger partial charge in [-0.15, -0.1) is 0 Å². The first kappa shape index (κ1) is 15.5. The van der Waals surface area contributed by atoms with Crippen molar-refractivity contribution in [2.45, 2.75) is 26.8 Å². The molecule has 7 nitrogen and oxygen atoms in total. The predicted octanol–water partition coefficient (Wildman–Crippen LogP) is 1.99. The van der Waals surface area contributed by atoms with Crippen LogP contribution in [0.2, 0.25) is 0 Å². The van der Waals surface area contributed by atoms with Gasteiger partial charge in [-0.05, 0) is 26.8 Å². The van der Waals surface area contributed by atoms with E-state index in [0.717, 1.165) is 35.6 Å². The summed E-state index contributed by atoms with van der Waals surface area (Å²) in [5.74, 6) is 0.937. The quantitative estimate of drug-likeness (QED) is 0.753. The fourth-order valence-corrected chi connectivity index (χ4v) is 2.65. The second kappa shape index (κ2) is 6.37. The first-order chi connectivity index (χ1) is 11.2. The van der Waals surface area contributed by atoms with E-state index < -0.39 is 0 Å². The summed E-state index contributed by atoms with van der Waals surface area (Å²) in [6.45, 7) is 8.03. The lowest BCUT2D eigenvalue weighted by Crippen LogP contribution is -2.23. The summed E-state index contributed by atoms with van der Waals surface area (Å²) in [7, 11) is 0. The van der Waals surface area contributed by atoms with Gasteiger partial charge in [0.25, 0.3) is 0 Å². The lowest BCUT2D eigenvalue weighted by Gasteiger charge is -2.19. The van der Waals surface area contributed by atoms with Crippen molar-refractivity contribution in [3.05, 3.63) is 31.0 Å². The van der Waals surface area contributed by atoms with Crippen LogP contribution in [-0.2, 0) is 0 Å². The van der Waals surface area contributed by atoms with Crippen molar-refractivity contribution in [1.29, 1.82) is 0 Å². The summed E-state index contributed by atoms with van der Waals surface area (Å²) < 4.78 is 3.62. The van der Waals surface area contributed by atoms with Crippen molar-refractivity contribution in [2.75, 3.05) is 24.6 Å². The van der Waals surface area contributed by atoms with Crippen LogP contribution in [-0.4, -0.2) is 49.2 Å². The molecule has 0 aliphatic rings. The van der Waals surface area contributed by atoms with E-state index in [9.17, 15) is 5.11 Å². The number of fused-ring (bicyclic) bond motifs is 1. The van der Waals surface area contributed by atoms with Crippen LogP contribution < -0.4 is 4.90 Å². The first-order valence-corrected chi connectivity index (χ1v) is 7.91. The molecule has 0 spiro atoms. The van der Waals surface area contributed by atoms with Gasteiger partial charge in [-0.1, -0.05) is 0 Å². The normalized spacial score (nSPS) is 12.7. The van der Waals surface area contributed by atoms with E-state index in [1.165, 1.54) is 0 Å². The number of aliphatic hydroxyl groups is 1. The summed E-state index contributed by atoms with van der Waals surface area (Å²) in [4.78, 5) is 6.65. The van der Waals surface area contributed by atoms with Gasteiger partial charge >= 0.3 is 0 Å². The van der Waals surface area contributed by atoms with Crippen molar-refractivity contribution in [1.82, 2.24) is 24.4 Å². The maximum atomic E-state index is 9.25. The molecule has 3 heterocycles. The third-order valence-electron chi connectivity index (χ3n) is 4.10. The van der Waals surface area contributed by atoms with Gasteiger partial charge in [-0.3, -0.25) is 4.68 Å². The minimum absolute atomic E-state index is 0.0354. The molecule has 0 unspecified atom stereocenters. The van der Waals surface area contributed by atoms with Crippen LogP contribution in [0.4, 0.5) is 5.82 Å². The Labute approximate surface area is 135 Å². The number of anilines is 1. The lowest BCUT2D eigenvalue weighted by atomic mass is 10.2. The number of aliphatic hydroxyl groups excluding tert-OH is 1. The van der Waals surface area contributed by atoms with Gasteiger partial charge in [0.15, 0.2) is 5.82 Å². The van der Waals surface area contributed by atoms with Crippen molar-refractivity contribution < 1.29 is 5.11 Å². The monoisotopic (exact) mass is 314 g/mol. The van der Waals surface area contributed by atoms with Crippen LogP contribution >= 0.6 is 0 Å². The fourth-order valence-electron chi connectivity index (χ4n) is 2.65. The zero-order valence-corrected chi connectivity index (χ0v) is 13.7. The molecule has 0 fully saturated rings. The van der Waals surface area contributed by atoms with Crippen LogP contribution in [0.1, 0.15) is 26.8 Å². The molecule has 0 aromatic carbocycles. The molecular weight excluding hydrogens is 292 g/mol. The van der Waals surface area contributed by atoms with Crippen LogP contribution in [0.3, 0.4) is 0 Å². The molecule has 122 valence electrons. The fraction of sp³-hybridized carbons (Fsp3) is 0.438. The molecular formula is C16H22N6O. The Kier molecular flexibility index (Phi) is 4.29. The van der Waals surface area contributed by atoms with Crippen molar-refractivity contribution in [2.24, 2.45) is 0 Å². The lowest BCUT2D eigenvalue weighted by molar-refractivity contribution is 0.230. The number of aromatic nitrogens is 5. The molecule has 3 rings (SSSR count).